The number of pyridine rings is 2. The minimum atomic E-state index is 0.126. The van der Waals surface area contributed by atoms with Gasteiger partial charge in [-0.3, -0.25) is 4.98 Å². The summed E-state index contributed by atoms with van der Waals surface area (Å²) in [7, 11) is 0. The molecule has 0 spiro atoms. The van der Waals surface area contributed by atoms with Crippen LogP contribution in [0.15, 0.2) is 134 Å². The predicted octanol–water partition coefficient (Wildman–Crippen LogP) is 6.72. The molecule has 4 heterocycles. The van der Waals surface area contributed by atoms with Gasteiger partial charge < -0.3 is 4.81 Å². The van der Waals surface area contributed by atoms with Gasteiger partial charge in [-0.15, -0.1) is 0 Å². The van der Waals surface area contributed by atoms with E-state index in [-0.39, 0.29) is 6.85 Å². The topological polar surface area (TPSA) is 29.0 Å². The summed E-state index contributed by atoms with van der Waals surface area (Å²) < 4.78 is 0. The fourth-order valence-electron chi connectivity index (χ4n) is 6.10. The zero-order chi connectivity index (χ0) is 25.1. The molecule has 8 rings (SSSR count). The van der Waals surface area contributed by atoms with Crippen LogP contribution in [0.5, 0.6) is 0 Å². The predicted molar refractivity (Wildman–Crippen MR) is 157 cm³/mol. The highest BCUT2D eigenvalue weighted by Gasteiger charge is 2.41. The van der Waals surface area contributed by atoms with Crippen molar-refractivity contribution in [3.63, 3.8) is 0 Å². The summed E-state index contributed by atoms with van der Waals surface area (Å²) in [6.07, 6.45) is 1.81. The third-order valence-electron chi connectivity index (χ3n) is 7.74. The Morgan fingerprint density at radius 1 is 0.474 bits per heavy atom. The lowest BCUT2D eigenvalue weighted by molar-refractivity contribution is 1.25. The Balaban J connectivity index is 1.34. The van der Waals surface area contributed by atoms with E-state index in [1.165, 1.54) is 44.6 Å². The van der Waals surface area contributed by atoms with Crippen molar-refractivity contribution in [2.45, 2.75) is 0 Å². The highest BCUT2D eigenvalue weighted by atomic mass is 15.1. The standard InChI is InChI=1S/C34H22BN3/c1-4-13-28-24(10-1)26-12-3-6-18-33(26)38-34-20-19-23(22-27(34)25-11-2-5-14-29(25)35(28)38)30-16-9-17-32(37-30)31-15-7-8-21-36-31/h1-22H. The summed E-state index contributed by atoms with van der Waals surface area (Å²) in [6, 6.07) is 45.3. The van der Waals surface area contributed by atoms with Gasteiger partial charge in [-0.25, -0.2) is 4.98 Å². The molecule has 176 valence electrons. The van der Waals surface area contributed by atoms with E-state index in [1.54, 1.807) is 0 Å². The van der Waals surface area contributed by atoms with E-state index in [9.17, 15) is 0 Å². The van der Waals surface area contributed by atoms with Gasteiger partial charge in [0, 0.05) is 34.3 Å². The first-order valence-electron chi connectivity index (χ1n) is 13.0. The summed E-state index contributed by atoms with van der Waals surface area (Å²) in [6.45, 7) is 0.126. The largest absolute Gasteiger partial charge is 0.376 e. The Bertz CT molecular complexity index is 1850. The maximum Gasteiger partial charge on any atom is 0.329 e. The van der Waals surface area contributed by atoms with Gasteiger partial charge in [0.05, 0.1) is 17.1 Å². The molecule has 38 heavy (non-hydrogen) atoms. The lowest BCUT2D eigenvalue weighted by Gasteiger charge is -2.43. The molecular weight excluding hydrogens is 461 g/mol. The van der Waals surface area contributed by atoms with Gasteiger partial charge in [-0.05, 0) is 64.5 Å². The second-order valence-corrected chi connectivity index (χ2v) is 9.82. The molecule has 0 fully saturated rings. The Morgan fingerprint density at radius 2 is 1.11 bits per heavy atom. The van der Waals surface area contributed by atoms with E-state index in [2.05, 4.69) is 113 Å². The molecular formula is C34H22BN3. The molecule has 2 aliphatic heterocycles. The number of fused-ring (bicyclic) bond motifs is 11. The third-order valence-corrected chi connectivity index (χ3v) is 7.74. The van der Waals surface area contributed by atoms with Gasteiger partial charge in [0.25, 0.3) is 0 Å². The first kappa shape index (κ1) is 21.2. The smallest absolute Gasteiger partial charge is 0.329 e. The lowest BCUT2D eigenvalue weighted by Crippen LogP contribution is -2.59. The van der Waals surface area contributed by atoms with Crippen LogP contribution in [0, 0.1) is 0 Å². The van der Waals surface area contributed by atoms with E-state index in [0.717, 1.165) is 22.6 Å². The van der Waals surface area contributed by atoms with Crippen molar-refractivity contribution >= 4 is 29.1 Å². The molecule has 4 aromatic carbocycles. The van der Waals surface area contributed by atoms with Crippen molar-refractivity contribution in [3.8, 4) is 44.9 Å². The summed E-state index contributed by atoms with van der Waals surface area (Å²) in [5.74, 6) is 0. The van der Waals surface area contributed by atoms with Crippen molar-refractivity contribution < 1.29 is 0 Å². The summed E-state index contributed by atoms with van der Waals surface area (Å²) in [5.41, 5.74) is 14.0. The van der Waals surface area contributed by atoms with Crippen LogP contribution in [0.4, 0.5) is 11.4 Å². The molecule has 0 unspecified atom stereocenters. The molecule has 0 saturated heterocycles. The fourth-order valence-corrected chi connectivity index (χ4v) is 6.10. The van der Waals surface area contributed by atoms with Crippen LogP contribution < -0.4 is 15.7 Å². The lowest BCUT2D eigenvalue weighted by atomic mass is 9.43. The number of benzene rings is 4. The molecule has 0 saturated carbocycles. The number of rotatable bonds is 2. The van der Waals surface area contributed by atoms with Gasteiger partial charge in [-0.2, -0.15) is 0 Å². The number of nitrogens with zero attached hydrogens (tertiary/aromatic N) is 3. The van der Waals surface area contributed by atoms with E-state index in [1.807, 2.05) is 30.5 Å². The molecule has 3 nitrogen and oxygen atoms in total. The van der Waals surface area contributed by atoms with Crippen molar-refractivity contribution in [2.24, 2.45) is 0 Å². The minimum absolute atomic E-state index is 0.126. The Morgan fingerprint density at radius 3 is 1.89 bits per heavy atom. The minimum Gasteiger partial charge on any atom is -0.376 e. The van der Waals surface area contributed by atoms with Gasteiger partial charge >= 0.3 is 6.85 Å². The molecule has 0 atom stereocenters. The molecule has 6 aromatic rings. The van der Waals surface area contributed by atoms with Crippen LogP contribution in [0.3, 0.4) is 0 Å². The van der Waals surface area contributed by atoms with Crippen molar-refractivity contribution in [1.29, 1.82) is 0 Å². The monoisotopic (exact) mass is 483 g/mol. The molecule has 2 aliphatic rings. The highest BCUT2D eigenvalue weighted by molar-refractivity contribution is 6.92. The maximum atomic E-state index is 4.99. The average molecular weight is 483 g/mol. The number of anilines is 2. The van der Waals surface area contributed by atoms with Crippen molar-refractivity contribution in [1.82, 2.24) is 9.97 Å². The van der Waals surface area contributed by atoms with E-state index < -0.39 is 0 Å². The first-order valence-corrected chi connectivity index (χ1v) is 13.0. The summed E-state index contributed by atoms with van der Waals surface area (Å²) >= 11 is 0. The SMILES string of the molecule is c1ccc(-c2cccc(-c3ccc4c(c3)-c3ccccc3B3c5ccccc5-c5ccccc5N34)n2)nc1. The molecule has 2 aromatic heterocycles. The van der Waals surface area contributed by atoms with E-state index in [4.69, 9.17) is 4.98 Å². The number of hydrogen-bond acceptors (Lipinski definition) is 3. The van der Waals surface area contributed by atoms with Gasteiger partial charge in [0.15, 0.2) is 0 Å². The molecule has 0 amide bonds. The van der Waals surface area contributed by atoms with Crippen LogP contribution in [0.1, 0.15) is 0 Å². The summed E-state index contributed by atoms with van der Waals surface area (Å²) in [5, 5.41) is 0. The Hall–Kier alpha value is -4.96. The molecule has 0 N–H and O–H groups in total. The van der Waals surface area contributed by atoms with Crippen LogP contribution in [-0.4, -0.2) is 16.8 Å². The fraction of sp³-hybridized carbons (Fsp3) is 0. The highest BCUT2D eigenvalue weighted by Crippen LogP contribution is 2.46. The number of hydrogen-bond donors (Lipinski definition) is 0. The zero-order valence-electron chi connectivity index (χ0n) is 20.6. The number of aromatic nitrogens is 2. The van der Waals surface area contributed by atoms with Gasteiger partial charge in [0.2, 0.25) is 0 Å². The second kappa shape index (κ2) is 8.29. The number of para-hydroxylation sites is 1. The van der Waals surface area contributed by atoms with Gasteiger partial charge in [0.1, 0.15) is 0 Å². The zero-order valence-corrected chi connectivity index (χ0v) is 20.6. The van der Waals surface area contributed by atoms with Crippen LogP contribution in [-0.2, 0) is 0 Å². The maximum absolute atomic E-state index is 4.99. The average Bonchev–Trinajstić information content (AvgIpc) is 3.01. The van der Waals surface area contributed by atoms with Crippen LogP contribution in [0.2, 0.25) is 0 Å². The molecule has 4 heteroatoms. The van der Waals surface area contributed by atoms with Crippen molar-refractivity contribution in [3.05, 3.63) is 134 Å². The van der Waals surface area contributed by atoms with E-state index >= 15 is 0 Å². The Labute approximate surface area is 222 Å². The quantitative estimate of drug-likeness (QED) is 0.256. The van der Waals surface area contributed by atoms with E-state index in [0.29, 0.717) is 0 Å². The molecule has 0 bridgehead atoms. The Kier molecular flexibility index (Phi) is 4.62. The third kappa shape index (κ3) is 3.10. The van der Waals surface area contributed by atoms with Crippen LogP contribution in [0.25, 0.3) is 44.9 Å². The van der Waals surface area contributed by atoms with Crippen molar-refractivity contribution in [2.75, 3.05) is 4.81 Å². The molecule has 0 aliphatic carbocycles. The first-order chi connectivity index (χ1) is 18.9. The normalized spacial score (nSPS) is 12.6. The molecule has 0 radical (unpaired) electrons. The van der Waals surface area contributed by atoms with Crippen LogP contribution >= 0.6 is 0 Å². The summed E-state index contributed by atoms with van der Waals surface area (Å²) in [4.78, 5) is 12.0. The second-order valence-electron chi connectivity index (χ2n) is 9.82. The van der Waals surface area contributed by atoms with Gasteiger partial charge in [-0.1, -0.05) is 84.9 Å².